The van der Waals surface area contributed by atoms with Crippen molar-refractivity contribution in [2.75, 3.05) is 13.2 Å². The van der Waals surface area contributed by atoms with Crippen LogP contribution in [-0.2, 0) is 14.3 Å². The Morgan fingerprint density at radius 2 is 2.00 bits per heavy atom. The molecule has 2 atom stereocenters. The highest BCUT2D eigenvalue weighted by atomic mass is 16.5. The van der Waals surface area contributed by atoms with E-state index in [-0.39, 0.29) is 17.9 Å². The van der Waals surface area contributed by atoms with Gasteiger partial charge >= 0.3 is 5.97 Å². The normalized spacial score (nSPS) is 25.6. The third-order valence-corrected chi connectivity index (χ3v) is 4.97. The summed E-state index contributed by atoms with van der Waals surface area (Å²) in [6.45, 7) is 3.23. The van der Waals surface area contributed by atoms with E-state index in [0.29, 0.717) is 19.4 Å². The Morgan fingerprint density at radius 1 is 1.30 bits per heavy atom. The Morgan fingerprint density at radius 3 is 2.61 bits per heavy atom. The lowest BCUT2D eigenvalue weighted by Crippen LogP contribution is -2.41. The van der Waals surface area contributed by atoms with E-state index in [0.717, 1.165) is 25.0 Å². The van der Waals surface area contributed by atoms with Crippen molar-refractivity contribution >= 4 is 11.9 Å². The minimum absolute atomic E-state index is 0.0374. The molecule has 1 aromatic carbocycles. The number of benzene rings is 1. The van der Waals surface area contributed by atoms with Crippen LogP contribution in [0.4, 0.5) is 0 Å². The topological polar surface area (TPSA) is 75.6 Å². The van der Waals surface area contributed by atoms with E-state index >= 15 is 0 Å². The maximum absolute atomic E-state index is 12.2. The fourth-order valence-electron chi connectivity index (χ4n) is 3.23. The number of nitrogens with one attached hydrogen (secondary N) is 1. The molecule has 0 spiro atoms. The second-order valence-electron chi connectivity index (χ2n) is 6.70. The van der Waals surface area contributed by atoms with Crippen LogP contribution in [0.15, 0.2) is 24.3 Å². The van der Waals surface area contributed by atoms with Crippen molar-refractivity contribution in [2.24, 2.45) is 11.3 Å². The number of carboxylic acid groups (broad SMARTS) is 1. The molecule has 1 aromatic rings. The van der Waals surface area contributed by atoms with Gasteiger partial charge < -0.3 is 15.2 Å². The number of aryl methyl sites for hydroxylation is 1. The third kappa shape index (κ3) is 3.24. The fourth-order valence-corrected chi connectivity index (χ4v) is 3.23. The predicted molar refractivity (Wildman–Crippen MR) is 84.9 cm³/mol. The highest BCUT2D eigenvalue weighted by molar-refractivity contribution is 6.04. The van der Waals surface area contributed by atoms with Crippen LogP contribution < -0.4 is 5.32 Å². The van der Waals surface area contributed by atoms with E-state index in [2.05, 4.69) is 29.6 Å². The van der Waals surface area contributed by atoms with Gasteiger partial charge in [0.25, 0.3) is 0 Å². The summed E-state index contributed by atoms with van der Waals surface area (Å²) in [6.07, 6.45) is 2.78. The molecule has 1 aliphatic carbocycles. The SMILES string of the molecule is Cc1ccc(C2OCCCC2CNC(=O)C2(C(=O)O)CC2)cc1. The van der Waals surface area contributed by atoms with E-state index in [1.54, 1.807) is 0 Å². The summed E-state index contributed by atoms with van der Waals surface area (Å²) in [7, 11) is 0. The maximum Gasteiger partial charge on any atom is 0.319 e. The predicted octanol–water partition coefficient (Wildman–Crippen LogP) is 2.44. The molecule has 5 heteroatoms. The van der Waals surface area contributed by atoms with E-state index in [1.807, 2.05) is 6.92 Å². The minimum atomic E-state index is -1.17. The molecule has 1 heterocycles. The second-order valence-corrected chi connectivity index (χ2v) is 6.70. The van der Waals surface area contributed by atoms with E-state index in [1.165, 1.54) is 5.56 Å². The maximum atomic E-state index is 12.2. The molecule has 23 heavy (non-hydrogen) atoms. The van der Waals surface area contributed by atoms with Gasteiger partial charge in [-0.05, 0) is 38.2 Å². The van der Waals surface area contributed by atoms with Gasteiger partial charge in [0.05, 0.1) is 6.10 Å². The van der Waals surface area contributed by atoms with Crippen molar-refractivity contribution in [3.8, 4) is 0 Å². The first-order valence-corrected chi connectivity index (χ1v) is 8.23. The van der Waals surface area contributed by atoms with Gasteiger partial charge in [-0.1, -0.05) is 29.8 Å². The molecular formula is C18H23NO4. The number of hydrogen-bond donors (Lipinski definition) is 2. The molecule has 124 valence electrons. The standard InChI is InChI=1S/C18H23NO4/c1-12-4-6-13(7-5-12)15-14(3-2-10-23-15)11-19-16(20)18(8-9-18)17(21)22/h4-7,14-15H,2-3,8-11H2,1H3,(H,19,20)(H,21,22). The second kappa shape index (κ2) is 6.32. The van der Waals surface area contributed by atoms with Crippen LogP contribution in [0.3, 0.4) is 0 Å². The van der Waals surface area contributed by atoms with Gasteiger partial charge in [0.1, 0.15) is 5.41 Å². The molecule has 1 aliphatic heterocycles. The first kappa shape index (κ1) is 16.0. The Bertz CT molecular complexity index is 592. The molecule has 3 rings (SSSR count). The minimum Gasteiger partial charge on any atom is -0.480 e. The molecule has 0 radical (unpaired) electrons. The highest BCUT2D eigenvalue weighted by Crippen LogP contribution is 2.46. The lowest BCUT2D eigenvalue weighted by atomic mass is 9.89. The lowest BCUT2D eigenvalue weighted by molar-refractivity contribution is -0.149. The van der Waals surface area contributed by atoms with Crippen molar-refractivity contribution in [3.63, 3.8) is 0 Å². The largest absolute Gasteiger partial charge is 0.480 e. The molecule has 2 N–H and O–H groups in total. The monoisotopic (exact) mass is 317 g/mol. The van der Waals surface area contributed by atoms with Crippen LogP contribution in [-0.4, -0.2) is 30.1 Å². The Hall–Kier alpha value is -1.88. The zero-order chi connectivity index (χ0) is 16.4. The number of aliphatic carboxylic acids is 1. The first-order valence-electron chi connectivity index (χ1n) is 8.23. The molecule has 2 aliphatic rings. The Kier molecular flexibility index (Phi) is 4.39. The van der Waals surface area contributed by atoms with Crippen LogP contribution in [0.1, 0.15) is 42.9 Å². The van der Waals surface area contributed by atoms with Gasteiger partial charge in [-0.2, -0.15) is 0 Å². The summed E-state index contributed by atoms with van der Waals surface area (Å²) in [4.78, 5) is 23.4. The molecule has 0 aromatic heterocycles. The zero-order valence-corrected chi connectivity index (χ0v) is 13.4. The van der Waals surface area contributed by atoms with Crippen LogP contribution in [0.25, 0.3) is 0 Å². The summed E-state index contributed by atoms with van der Waals surface area (Å²) >= 11 is 0. The Labute approximate surface area is 136 Å². The Balaban J connectivity index is 1.64. The first-order chi connectivity index (χ1) is 11.0. The van der Waals surface area contributed by atoms with E-state index in [9.17, 15) is 14.7 Å². The van der Waals surface area contributed by atoms with Crippen molar-refractivity contribution in [2.45, 2.75) is 38.7 Å². The van der Waals surface area contributed by atoms with E-state index in [4.69, 9.17) is 4.74 Å². The quantitative estimate of drug-likeness (QED) is 0.818. The summed E-state index contributed by atoms with van der Waals surface area (Å²) < 4.78 is 5.93. The molecule has 2 unspecified atom stereocenters. The number of hydrogen-bond acceptors (Lipinski definition) is 3. The van der Waals surface area contributed by atoms with Crippen molar-refractivity contribution in [3.05, 3.63) is 35.4 Å². The van der Waals surface area contributed by atoms with Crippen LogP contribution in [0, 0.1) is 18.3 Å². The molecule has 5 nitrogen and oxygen atoms in total. The summed E-state index contributed by atoms with van der Waals surface area (Å²) in [5, 5.41) is 12.0. The van der Waals surface area contributed by atoms with Crippen LogP contribution in [0.5, 0.6) is 0 Å². The summed E-state index contributed by atoms with van der Waals surface area (Å²) in [6, 6.07) is 8.26. The summed E-state index contributed by atoms with van der Waals surface area (Å²) in [5.74, 6) is -1.18. The lowest BCUT2D eigenvalue weighted by Gasteiger charge is -2.32. The van der Waals surface area contributed by atoms with Crippen LogP contribution in [0.2, 0.25) is 0 Å². The van der Waals surface area contributed by atoms with Gasteiger partial charge in [-0.25, -0.2) is 0 Å². The fraction of sp³-hybridized carbons (Fsp3) is 0.556. The average molecular weight is 317 g/mol. The van der Waals surface area contributed by atoms with Crippen molar-refractivity contribution in [1.29, 1.82) is 0 Å². The van der Waals surface area contributed by atoms with Gasteiger partial charge in [-0.15, -0.1) is 0 Å². The number of rotatable bonds is 5. The van der Waals surface area contributed by atoms with Gasteiger partial charge in [0.15, 0.2) is 0 Å². The molecule has 2 fully saturated rings. The molecular weight excluding hydrogens is 294 g/mol. The molecule has 0 bridgehead atoms. The number of ether oxygens (including phenoxy) is 1. The van der Waals surface area contributed by atoms with Crippen molar-refractivity contribution in [1.82, 2.24) is 5.32 Å². The number of amides is 1. The molecule has 1 amide bonds. The van der Waals surface area contributed by atoms with Crippen molar-refractivity contribution < 1.29 is 19.4 Å². The van der Waals surface area contributed by atoms with Gasteiger partial charge in [-0.3, -0.25) is 9.59 Å². The number of carbonyl (C=O) groups is 2. The highest BCUT2D eigenvalue weighted by Gasteiger charge is 2.57. The average Bonchev–Trinajstić information content (AvgIpc) is 3.36. The molecule has 1 saturated heterocycles. The van der Waals surface area contributed by atoms with Gasteiger partial charge in [0, 0.05) is 19.1 Å². The van der Waals surface area contributed by atoms with E-state index < -0.39 is 11.4 Å². The summed E-state index contributed by atoms with van der Waals surface area (Å²) in [5.41, 5.74) is 1.15. The zero-order valence-electron chi connectivity index (χ0n) is 13.4. The number of carboxylic acids is 1. The van der Waals surface area contributed by atoms with Gasteiger partial charge in [0.2, 0.25) is 5.91 Å². The smallest absolute Gasteiger partial charge is 0.319 e. The molecule has 1 saturated carbocycles. The third-order valence-electron chi connectivity index (χ3n) is 4.97. The van der Waals surface area contributed by atoms with Crippen LogP contribution >= 0.6 is 0 Å². The number of carbonyl (C=O) groups excluding carboxylic acids is 1.